The molecule has 2 nitrogen and oxygen atoms in total. The molecule has 22 heavy (non-hydrogen) atoms. The molecule has 1 heterocycles. The van der Waals surface area contributed by atoms with Crippen molar-refractivity contribution in [2.24, 2.45) is 0 Å². The zero-order chi connectivity index (χ0) is 15.2. The molecule has 120 valence electrons. The molecule has 4 rings (SSSR count). The Bertz CT molecular complexity index is 536. The first-order valence-corrected chi connectivity index (χ1v) is 9.28. The minimum absolute atomic E-state index is 0.277. The molecule has 3 aliphatic rings. The van der Waals surface area contributed by atoms with E-state index in [1.165, 1.54) is 63.4 Å². The van der Waals surface area contributed by atoms with Crippen molar-refractivity contribution in [2.75, 3.05) is 0 Å². The van der Waals surface area contributed by atoms with E-state index in [4.69, 9.17) is 0 Å². The zero-order valence-corrected chi connectivity index (χ0v) is 13.8. The molecular formula is C20H29NO. The number of likely N-dealkylation sites (tertiary alicyclic amines) is 1. The highest BCUT2D eigenvalue weighted by Crippen LogP contribution is 2.53. The molecule has 1 aromatic rings. The molecule has 1 aromatic carbocycles. The number of nitrogens with zero attached hydrogens (tertiary/aromatic N) is 1. The number of phenolic OH excluding ortho intramolecular Hbond substituents is 1. The molecule has 0 radical (unpaired) electrons. The van der Waals surface area contributed by atoms with Gasteiger partial charge in [-0.05, 0) is 56.7 Å². The summed E-state index contributed by atoms with van der Waals surface area (Å²) in [4.78, 5) is 2.90. The highest BCUT2D eigenvalue weighted by molar-refractivity contribution is 5.37. The Morgan fingerprint density at radius 1 is 1.05 bits per heavy atom. The van der Waals surface area contributed by atoms with Crippen LogP contribution >= 0.6 is 0 Å². The summed E-state index contributed by atoms with van der Waals surface area (Å²) >= 11 is 0. The quantitative estimate of drug-likeness (QED) is 0.862. The third-order valence-corrected chi connectivity index (χ3v) is 6.85. The Morgan fingerprint density at radius 2 is 1.82 bits per heavy atom. The molecule has 1 saturated heterocycles. The lowest BCUT2D eigenvalue weighted by Crippen LogP contribution is -2.46. The molecule has 2 saturated carbocycles. The van der Waals surface area contributed by atoms with Crippen LogP contribution in [0.5, 0.6) is 5.75 Å². The van der Waals surface area contributed by atoms with Crippen molar-refractivity contribution in [3.63, 3.8) is 0 Å². The second kappa shape index (κ2) is 5.56. The molecular weight excluding hydrogens is 270 g/mol. The maximum Gasteiger partial charge on any atom is 0.115 e. The summed E-state index contributed by atoms with van der Waals surface area (Å²) in [5, 5.41) is 9.95. The van der Waals surface area contributed by atoms with Gasteiger partial charge in [-0.1, -0.05) is 37.8 Å². The SMILES string of the molecule is CC1N(C2CCCCC2)C2CCCC1(c1cccc(O)c1)C2. The minimum Gasteiger partial charge on any atom is -0.508 e. The number of phenols is 1. The molecule has 0 aromatic heterocycles. The highest BCUT2D eigenvalue weighted by Gasteiger charge is 2.54. The first-order valence-electron chi connectivity index (χ1n) is 9.28. The van der Waals surface area contributed by atoms with Crippen LogP contribution in [0.4, 0.5) is 0 Å². The van der Waals surface area contributed by atoms with E-state index in [1.807, 2.05) is 12.1 Å². The molecule has 0 amide bonds. The lowest BCUT2D eigenvalue weighted by Gasteiger charge is -2.40. The number of hydrogen-bond acceptors (Lipinski definition) is 2. The Labute approximate surface area is 134 Å². The van der Waals surface area contributed by atoms with Crippen molar-refractivity contribution in [3.8, 4) is 5.75 Å². The molecule has 1 aliphatic heterocycles. The van der Waals surface area contributed by atoms with E-state index in [2.05, 4.69) is 17.9 Å². The van der Waals surface area contributed by atoms with Gasteiger partial charge in [0.15, 0.2) is 0 Å². The van der Waals surface area contributed by atoms with E-state index in [-0.39, 0.29) is 5.41 Å². The van der Waals surface area contributed by atoms with Crippen LogP contribution in [-0.4, -0.2) is 28.1 Å². The topological polar surface area (TPSA) is 23.5 Å². The maximum atomic E-state index is 9.95. The maximum absolute atomic E-state index is 9.95. The molecule has 2 heteroatoms. The average Bonchev–Trinajstić information content (AvgIpc) is 2.75. The van der Waals surface area contributed by atoms with Crippen molar-refractivity contribution in [1.29, 1.82) is 0 Å². The number of rotatable bonds is 2. The molecule has 3 fully saturated rings. The van der Waals surface area contributed by atoms with Gasteiger partial charge in [0.05, 0.1) is 0 Å². The van der Waals surface area contributed by atoms with E-state index < -0.39 is 0 Å². The van der Waals surface area contributed by atoms with Gasteiger partial charge in [-0.25, -0.2) is 0 Å². The van der Waals surface area contributed by atoms with Gasteiger partial charge in [-0.15, -0.1) is 0 Å². The Kier molecular flexibility index (Phi) is 3.68. The van der Waals surface area contributed by atoms with E-state index in [0.29, 0.717) is 11.8 Å². The third kappa shape index (κ3) is 2.19. The van der Waals surface area contributed by atoms with Gasteiger partial charge in [0.25, 0.3) is 0 Å². The summed E-state index contributed by atoms with van der Waals surface area (Å²) in [5.74, 6) is 0.428. The first-order chi connectivity index (χ1) is 10.7. The van der Waals surface area contributed by atoms with Crippen LogP contribution in [-0.2, 0) is 5.41 Å². The van der Waals surface area contributed by atoms with Crippen LogP contribution in [0.3, 0.4) is 0 Å². The number of fused-ring (bicyclic) bond motifs is 2. The molecule has 2 bridgehead atoms. The first kappa shape index (κ1) is 14.6. The third-order valence-electron chi connectivity index (χ3n) is 6.85. The fraction of sp³-hybridized carbons (Fsp3) is 0.700. The molecule has 1 N–H and O–H groups in total. The van der Waals surface area contributed by atoms with E-state index in [9.17, 15) is 5.11 Å². The van der Waals surface area contributed by atoms with Gasteiger partial charge in [0, 0.05) is 23.5 Å². The predicted molar refractivity (Wildman–Crippen MR) is 90.2 cm³/mol. The normalized spacial score (nSPS) is 36.6. The van der Waals surface area contributed by atoms with E-state index in [1.54, 1.807) is 6.07 Å². The van der Waals surface area contributed by atoms with Crippen LogP contribution in [0.25, 0.3) is 0 Å². The van der Waals surface area contributed by atoms with Gasteiger partial charge < -0.3 is 5.11 Å². The molecule has 0 spiro atoms. The van der Waals surface area contributed by atoms with Crippen LogP contribution in [0.1, 0.15) is 70.3 Å². The van der Waals surface area contributed by atoms with Crippen LogP contribution < -0.4 is 0 Å². The second-order valence-corrected chi connectivity index (χ2v) is 7.87. The minimum atomic E-state index is 0.277. The van der Waals surface area contributed by atoms with E-state index in [0.717, 1.165) is 12.1 Å². The van der Waals surface area contributed by atoms with Gasteiger partial charge in [0.2, 0.25) is 0 Å². The molecule has 3 atom stereocenters. The number of benzene rings is 1. The lowest BCUT2D eigenvalue weighted by atomic mass is 9.67. The van der Waals surface area contributed by atoms with Crippen molar-refractivity contribution in [2.45, 2.75) is 88.3 Å². The molecule has 3 unspecified atom stereocenters. The van der Waals surface area contributed by atoms with Crippen molar-refractivity contribution < 1.29 is 5.11 Å². The van der Waals surface area contributed by atoms with Gasteiger partial charge in [-0.2, -0.15) is 0 Å². The standard InChI is InChI=1S/C20H29NO/c1-15-20(16-7-5-11-19(22)13-16)12-6-10-18(14-20)21(15)17-8-3-2-4-9-17/h5,7,11,13,15,17-18,22H,2-4,6,8-10,12,14H2,1H3. The second-order valence-electron chi connectivity index (χ2n) is 7.87. The summed E-state index contributed by atoms with van der Waals surface area (Å²) < 4.78 is 0. The fourth-order valence-electron chi connectivity index (χ4n) is 5.83. The predicted octanol–water partition coefficient (Wildman–Crippen LogP) is 4.61. The van der Waals surface area contributed by atoms with Crippen molar-refractivity contribution in [1.82, 2.24) is 4.90 Å². The number of aromatic hydroxyl groups is 1. The summed E-state index contributed by atoms with van der Waals surface area (Å²) in [6, 6.07) is 10.3. The lowest BCUT2D eigenvalue weighted by molar-refractivity contribution is 0.0992. The van der Waals surface area contributed by atoms with Crippen LogP contribution in [0.15, 0.2) is 24.3 Å². The van der Waals surface area contributed by atoms with E-state index >= 15 is 0 Å². The monoisotopic (exact) mass is 299 g/mol. The highest BCUT2D eigenvalue weighted by atomic mass is 16.3. The van der Waals surface area contributed by atoms with Gasteiger partial charge in [-0.3, -0.25) is 4.90 Å². The Morgan fingerprint density at radius 3 is 2.59 bits per heavy atom. The summed E-state index contributed by atoms with van der Waals surface area (Å²) in [6.07, 6.45) is 12.4. The molecule has 2 aliphatic carbocycles. The zero-order valence-electron chi connectivity index (χ0n) is 13.8. The summed E-state index contributed by atoms with van der Waals surface area (Å²) in [7, 11) is 0. The van der Waals surface area contributed by atoms with Crippen LogP contribution in [0.2, 0.25) is 0 Å². The largest absolute Gasteiger partial charge is 0.508 e. The van der Waals surface area contributed by atoms with Crippen molar-refractivity contribution >= 4 is 0 Å². The smallest absolute Gasteiger partial charge is 0.115 e. The number of hydrogen-bond donors (Lipinski definition) is 1. The van der Waals surface area contributed by atoms with Crippen molar-refractivity contribution in [3.05, 3.63) is 29.8 Å². The summed E-state index contributed by atoms with van der Waals surface area (Å²) in [6.45, 7) is 2.46. The average molecular weight is 299 g/mol. The fourth-order valence-corrected chi connectivity index (χ4v) is 5.83. The Balaban J connectivity index is 1.68. The summed E-state index contributed by atoms with van der Waals surface area (Å²) in [5.41, 5.74) is 1.65. The van der Waals surface area contributed by atoms with Crippen LogP contribution in [0, 0.1) is 0 Å². The van der Waals surface area contributed by atoms with Gasteiger partial charge in [0.1, 0.15) is 5.75 Å². The van der Waals surface area contributed by atoms with Gasteiger partial charge >= 0.3 is 0 Å². The Hall–Kier alpha value is -1.02.